The molecule has 0 saturated carbocycles. The number of carbonyl (C=O) groups excluding carboxylic acids is 1. The maximum Gasteiger partial charge on any atom is 0.269 e. The van der Waals surface area contributed by atoms with Crippen LogP contribution in [0.3, 0.4) is 0 Å². The van der Waals surface area contributed by atoms with Crippen molar-refractivity contribution < 1.29 is 9.72 Å². The number of hydrogen-bond acceptors (Lipinski definition) is 3. The van der Waals surface area contributed by atoms with Crippen LogP contribution in [0.15, 0.2) is 36.4 Å². The molecule has 0 aliphatic rings. The van der Waals surface area contributed by atoms with E-state index in [1.54, 1.807) is 25.1 Å². The molecule has 1 amide bonds. The Kier molecular flexibility index (Phi) is 4.87. The first-order valence-electron chi connectivity index (χ1n) is 5.27. The van der Waals surface area contributed by atoms with E-state index in [4.69, 9.17) is 0 Å². The molecular formula is C12H14N2O3. The van der Waals surface area contributed by atoms with E-state index in [-0.39, 0.29) is 11.6 Å². The number of hydrogen-bond donors (Lipinski definition) is 1. The van der Waals surface area contributed by atoms with Crippen LogP contribution < -0.4 is 5.32 Å². The molecule has 0 aromatic heterocycles. The fraction of sp³-hybridized carbons (Fsp3) is 0.250. The molecule has 0 radical (unpaired) electrons. The number of benzene rings is 1. The number of nitrogens with zero attached hydrogens (tertiary/aromatic N) is 1. The van der Waals surface area contributed by atoms with Gasteiger partial charge in [-0.25, -0.2) is 0 Å². The summed E-state index contributed by atoms with van der Waals surface area (Å²) in [6.45, 7) is 2.29. The molecule has 0 bridgehead atoms. The topological polar surface area (TPSA) is 72.2 Å². The fourth-order valence-electron chi connectivity index (χ4n) is 1.32. The molecule has 90 valence electrons. The van der Waals surface area contributed by atoms with E-state index in [9.17, 15) is 14.9 Å². The molecule has 5 nitrogen and oxygen atoms in total. The summed E-state index contributed by atoms with van der Waals surface area (Å²) in [5.41, 5.74) is 1.03. The highest BCUT2D eigenvalue weighted by Gasteiger charge is 2.03. The minimum atomic E-state index is -0.433. The molecule has 17 heavy (non-hydrogen) atoms. The number of nitro benzene ring substituents is 1. The molecule has 5 heteroatoms. The zero-order chi connectivity index (χ0) is 12.7. The number of nitrogens with one attached hydrogen (secondary N) is 1. The second-order valence-electron chi connectivity index (χ2n) is 3.46. The lowest BCUT2D eigenvalue weighted by atomic mass is 10.1. The summed E-state index contributed by atoms with van der Waals surface area (Å²) >= 11 is 0. The third-order valence-electron chi connectivity index (χ3n) is 2.18. The summed E-state index contributed by atoms with van der Waals surface area (Å²) in [7, 11) is 0. The number of allylic oxidation sites excluding steroid dienone is 1. The Bertz CT molecular complexity index is 424. The van der Waals surface area contributed by atoms with E-state index in [0.29, 0.717) is 13.0 Å². The van der Waals surface area contributed by atoms with Gasteiger partial charge in [0.15, 0.2) is 0 Å². The smallest absolute Gasteiger partial charge is 0.269 e. The maximum absolute atomic E-state index is 11.1. The zero-order valence-corrected chi connectivity index (χ0v) is 9.55. The van der Waals surface area contributed by atoms with E-state index in [1.807, 2.05) is 0 Å². The van der Waals surface area contributed by atoms with Gasteiger partial charge in [-0.2, -0.15) is 0 Å². The minimum Gasteiger partial charge on any atom is -0.352 e. The van der Waals surface area contributed by atoms with Crippen molar-refractivity contribution in [3.8, 4) is 0 Å². The second-order valence-corrected chi connectivity index (χ2v) is 3.46. The van der Waals surface area contributed by atoms with Gasteiger partial charge in [0.05, 0.1) is 4.92 Å². The lowest BCUT2D eigenvalue weighted by molar-refractivity contribution is -0.384. The van der Waals surface area contributed by atoms with Crippen molar-refractivity contribution >= 4 is 11.6 Å². The van der Waals surface area contributed by atoms with Crippen molar-refractivity contribution in [2.75, 3.05) is 6.54 Å². The van der Waals surface area contributed by atoms with Crippen molar-refractivity contribution in [3.63, 3.8) is 0 Å². The van der Waals surface area contributed by atoms with Crippen molar-refractivity contribution in [1.82, 2.24) is 5.32 Å². The normalized spacial score (nSPS) is 10.4. The monoisotopic (exact) mass is 234 g/mol. The molecule has 1 aromatic rings. The molecule has 1 rings (SSSR count). The number of rotatable bonds is 5. The van der Waals surface area contributed by atoms with Gasteiger partial charge in [-0.1, -0.05) is 18.2 Å². The number of carbonyl (C=O) groups is 1. The third-order valence-corrected chi connectivity index (χ3v) is 2.18. The molecule has 0 spiro atoms. The summed E-state index contributed by atoms with van der Waals surface area (Å²) in [5, 5.41) is 13.1. The Morgan fingerprint density at radius 1 is 1.41 bits per heavy atom. The van der Waals surface area contributed by atoms with Gasteiger partial charge < -0.3 is 5.32 Å². The standard InChI is InChI=1S/C12H14N2O3/c1-2-3-12(15)13-9-8-10-4-6-11(7-5-10)14(16)17/h2-7H,8-9H2,1H3,(H,13,15). The number of amides is 1. The van der Waals surface area contributed by atoms with Crippen LogP contribution in [0.1, 0.15) is 12.5 Å². The predicted molar refractivity (Wildman–Crippen MR) is 64.6 cm³/mol. The summed E-state index contributed by atoms with van der Waals surface area (Å²) in [6, 6.07) is 6.31. The van der Waals surface area contributed by atoms with E-state index < -0.39 is 4.92 Å². The molecule has 0 fully saturated rings. The first-order chi connectivity index (χ1) is 8.13. The Balaban J connectivity index is 2.42. The summed E-state index contributed by atoms with van der Waals surface area (Å²) < 4.78 is 0. The minimum absolute atomic E-state index is 0.0756. The van der Waals surface area contributed by atoms with Crippen LogP contribution in [0.25, 0.3) is 0 Å². The first-order valence-corrected chi connectivity index (χ1v) is 5.27. The molecule has 0 aliphatic heterocycles. The van der Waals surface area contributed by atoms with E-state index in [1.165, 1.54) is 18.2 Å². The van der Waals surface area contributed by atoms with Crippen LogP contribution >= 0.6 is 0 Å². The van der Waals surface area contributed by atoms with Gasteiger partial charge in [0, 0.05) is 18.7 Å². The van der Waals surface area contributed by atoms with Crippen molar-refractivity contribution in [2.45, 2.75) is 13.3 Å². The summed E-state index contributed by atoms with van der Waals surface area (Å²) in [4.78, 5) is 21.1. The average Bonchev–Trinajstić information content (AvgIpc) is 2.30. The van der Waals surface area contributed by atoms with E-state index in [2.05, 4.69) is 5.32 Å². The average molecular weight is 234 g/mol. The number of nitro groups is 1. The quantitative estimate of drug-likeness (QED) is 0.480. The molecule has 0 atom stereocenters. The Hall–Kier alpha value is -2.17. The van der Waals surface area contributed by atoms with Crippen LogP contribution in [0.5, 0.6) is 0 Å². The van der Waals surface area contributed by atoms with Gasteiger partial charge in [0.1, 0.15) is 0 Å². The Morgan fingerprint density at radius 3 is 2.59 bits per heavy atom. The van der Waals surface area contributed by atoms with Crippen molar-refractivity contribution in [3.05, 3.63) is 52.1 Å². The van der Waals surface area contributed by atoms with Crippen LogP contribution in [-0.2, 0) is 11.2 Å². The second kappa shape index (κ2) is 6.42. The lowest BCUT2D eigenvalue weighted by Crippen LogP contribution is -2.23. The van der Waals surface area contributed by atoms with Gasteiger partial charge in [-0.3, -0.25) is 14.9 Å². The van der Waals surface area contributed by atoms with Gasteiger partial charge in [-0.15, -0.1) is 0 Å². The van der Waals surface area contributed by atoms with Crippen molar-refractivity contribution in [2.24, 2.45) is 0 Å². The summed E-state index contributed by atoms with van der Waals surface area (Å²) in [6.07, 6.45) is 3.78. The van der Waals surface area contributed by atoms with Crippen LogP contribution in [0.2, 0.25) is 0 Å². The molecule has 0 heterocycles. The van der Waals surface area contributed by atoms with E-state index >= 15 is 0 Å². The Morgan fingerprint density at radius 2 is 2.06 bits per heavy atom. The third kappa shape index (κ3) is 4.46. The highest BCUT2D eigenvalue weighted by molar-refractivity contribution is 5.87. The van der Waals surface area contributed by atoms with Gasteiger partial charge in [-0.05, 0) is 25.0 Å². The predicted octanol–water partition coefficient (Wildman–Crippen LogP) is 1.83. The van der Waals surface area contributed by atoms with Crippen LogP contribution in [0, 0.1) is 10.1 Å². The largest absolute Gasteiger partial charge is 0.352 e. The fourth-order valence-corrected chi connectivity index (χ4v) is 1.32. The van der Waals surface area contributed by atoms with Gasteiger partial charge in [0.25, 0.3) is 5.69 Å². The maximum atomic E-state index is 11.1. The Labute approximate surface area is 99.3 Å². The first kappa shape index (κ1) is 12.9. The van der Waals surface area contributed by atoms with Gasteiger partial charge in [0.2, 0.25) is 5.91 Å². The molecular weight excluding hydrogens is 220 g/mol. The lowest BCUT2D eigenvalue weighted by Gasteiger charge is -2.02. The van der Waals surface area contributed by atoms with E-state index in [0.717, 1.165) is 5.56 Å². The number of non-ortho nitro benzene ring substituents is 1. The molecule has 0 unspecified atom stereocenters. The zero-order valence-electron chi connectivity index (χ0n) is 9.55. The molecule has 1 aromatic carbocycles. The summed E-state index contributed by atoms with van der Waals surface area (Å²) in [5.74, 6) is -0.130. The SMILES string of the molecule is CC=CC(=O)NCCc1ccc([N+](=O)[O-])cc1. The van der Waals surface area contributed by atoms with Crippen LogP contribution in [0.4, 0.5) is 5.69 Å². The molecule has 1 N–H and O–H groups in total. The molecule has 0 saturated heterocycles. The molecule has 0 aliphatic carbocycles. The van der Waals surface area contributed by atoms with Crippen LogP contribution in [-0.4, -0.2) is 17.4 Å². The van der Waals surface area contributed by atoms with Crippen molar-refractivity contribution in [1.29, 1.82) is 0 Å². The highest BCUT2D eigenvalue weighted by Crippen LogP contribution is 2.11. The van der Waals surface area contributed by atoms with Gasteiger partial charge >= 0.3 is 0 Å². The highest BCUT2D eigenvalue weighted by atomic mass is 16.6.